The minimum Gasteiger partial charge on any atom is -0.336 e. The van der Waals surface area contributed by atoms with Gasteiger partial charge in [0, 0.05) is 11.9 Å². The van der Waals surface area contributed by atoms with E-state index in [0.717, 1.165) is 16.5 Å². The number of anilines is 1. The lowest BCUT2D eigenvalue weighted by atomic mass is 9.96. The van der Waals surface area contributed by atoms with Crippen LogP contribution < -0.4 is 10.6 Å². The topological polar surface area (TPSA) is 64.9 Å². The first kappa shape index (κ1) is 13.9. The maximum Gasteiger partial charge on any atom is 0.319 e. The fourth-order valence-corrected chi connectivity index (χ4v) is 1.84. The normalized spacial score (nSPS) is 10.8. The summed E-state index contributed by atoms with van der Waals surface area (Å²) < 4.78 is 0. The van der Waals surface area contributed by atoms with Crippen molar-refractivity contribution < 1.29 is 4.79 Å². The Hall–Kier alpha value is -2.54. The molecule has 102 valence electrons. The third-order valence-electron chi connectivity index (χ3n) is 3.03. The van der Waals surface area contributed by atoms with E-state index in [1.165, 1.54) is 0 Å². The van der Waals surface area contributed by atoms with Crippen LogP contribution in [0, 0.1) is 16.7 Å². The van der Waals surface area contributed by atoms with Crippen LogP contribution in [0.4, 0.5) is 10.5 Å². The van der Waals surface area contributed by atoms with Crippen LogP contribution in [0.3, 0.4) is 0 Å². The van der Waals surface area contributed by atoms with Gasteiger partial charge in [0.2, 0.25) is 0 Å². The monoisotopic (exact) mass is 267 g/mol. The van der Waals surface area contributed by atoms with Gasteiger partial charge in [0.05, 0.1) is 17.2 Å². The van der Waals surface area contributed by atoms with Gasteiger partial charge in [-0.25, -0.2) is 4.79 Å². The maximum absolute atomic E-state index is 11.9. The van der Waals surface area contributed by atoms with Gasteiger partial charge in [-0.2, -0.15) is 5.26 Å². The van der Waals surface area contributed by atoms with Gasteiger partial charge in [0.1, 0.15) is 0 Å². The Morgan fingerprint density at radius 2 is 1.90 bits per heavy atom. The van der Waals surface area contributed by atoms with Crippen LogP contribution in [-0.4, -0.2) is 12.6 Å². The van der Waals surface area contributed by atoms with Crippen molar-refractivity contribution in [2.24, 2.45) is 5.41 Å². The van der Waals surface area contributed by atoms with E-state index in [1.54, 1.807) is 13.8 Å². The molecule has 2 N–H and O–H groups in total. The third-order valence-corrected chi connectivity index (χ3v) is 3.03. The molecular weight excluding hydrogens is 250 g/mol. The summed E-state index contributed by atoms with van der Waals surface area (Å²) in [6.45, 7) is 3.87. The van der Waals surface area contributed by atoms with Crippen molar-refractivity contribution in [1.82, 2.24) is 5.32 Å². The largest absolute Gasteiger partial charge is 0.336 e. The van der Waals surface area contributed by atoms with E-state index in [2.05, 4.69) is 16.7 Å². The molecule has 0 bridgehead atoms. The first-order chi connectivity index (χ1) is 9.52. The van der Waals surface area contributed by atoms with Crippen LogP contribution >= 0.6 is 0 Å². The predicted octanol–water partition coefficient (Wildman–Crippen LogP) is 3.51. The number of hydrogen-bond donors (Lipinski definition) is 2. The Morgan fingerprint density at radius 1 is 1.20 bits per heavy atom. The summed E-state index contributed by atoms with van der Waals surface area (Å²) in [6.07, 6.45) is 0. The van der Waals surface area contributed by atoms with Gasteiger partial charge >= 0.3 is 6.03 Å². The van der Waals surface area contributed by atoms with E-state index in [0.29, 0.717) is 6.54 Å². The Kier molecular flexibility index (Phi) is 3.90. The number of carbonyl (C=O) groups excluding carboxylic acids is 1. The summed E-state index contributed by atoms with van der Waals surface area (Å²) in [5.41, 5.74) is 0.186. The number of nitrogens with one attached hydrogen (secondary N) is 2. The molecule has 0 aliphatic carbocycles. The molecule has 0 radical (unpaired) electrons. The fraction of sp³-hybridized carbons (Fsp3) is 0.250. The highest BCUT2D eigenvalue weighted by Crippen LogP contribution is 2.22. The highest BCUT2D eigenvalue weighted by Gasteiger charge is 2.17. The predicted molar refractivity (Wildman–Crippen MR) is 80.4 cm³/mol. The number of amides is 2. The van der Waals surface area contributed by atoms with E-state index < -0.39 is 5.41 Å². The van der Waals surface area contributed by atoms with Crippen LogP contribution in [0.15, 0.2) is 42.5 Å². The Labute approximate surface area is 118 Å². The molecule has 0 aromatic heterocycles. The van der Waals surface area contributed by atoms with Crippen molar-refractivity contribution in [3.63, 3.8) is 0 Å². The van der Waals surface area contributed by atoms with E-state index in [1.807, 2.05) is 42.5 Å². The zero-order valence-corrected chi connectivity index (χ0v) is 11.6. The van der Waals surface area contributed by atoms with Crippen molar-refractivity contribution in [2.45, 2.75) is 13.8 Å². The van der Waals surface area contributed by atoms with Gasteiger partial charge in [-0.15, -0.1) is 0 Å². The second kappa shape index (κ2) is 5.62. The lowest BCUT2D eigenvalue weighted by Gasteiger charge is -2.16. The molecule has 4 heteroatoms. The van der Waals surface area contributed by atoms with Crippen LogP contribution in [0.25, 0.3) is 10.8 Å². The molecule has 4 nitrogen and oxygen atoms in total. The molecule has 20 heavy (non-hydrogen) atoms. The van der Waals surface area contributed by atoms with E-state index >= 15 is 0 Å². The molecule has 2 rings (SSSR count). The molecule has 2 amide bonds. The third kappa shape index (κ3) is 3.27. The molecule has 0 saturated heterocycles. The first-order valence-electron chi connectivity index (χ1n) is 6.46. The highest BCUT2D eigenvalue weighted by molar-refractivity contribution is 6.01. The number of benzene rings is 2. The quantitative estimate of drug-likeness (QED) is 0.893. The van der Waals surface area contributed by atoms with Crippen molar-refractivity contribution in [1.29, 1.82) is 5.26 Å². The number of urea groups is 1. The van der Waals surface area contributed by atoms with Gasteiger partial charge in [-0.1, -0.05) is 36.4 Å². The average Bonchev–Trinajstić information content (AvgIpc) is 2.46. The Bertz CT molecular complexity index is 665. The molecule has 0 unspecified atom stereocenters. The van der Waals surface area contributed by atoms with Gasteiger partial charge in [0.25, 0.3) is 0 Å². The van der Waals surface area contributed by atoms with Crippen LogP contribution in [0.2, 0.25) is 0 Å². The molecule has 2 aromatic carbocycles. The first-order valence-corrected chi connectivity index (χ1v) is 6.46. The van der Waals surface area contributed by atoms with Crippen LogP contribution in [0.1, 0.15) is 13.8 Å². The van der Waals surface area contributed by atoms with Gasteiger partial charge in [-0.05, 0) is 25.3 Å². The number of carbonyl (C=O) groups is 1. The van der Waals surface area contributed by atoms with Crippen molar-refractivity contribution in [3.8, 4) is 6.07 Å². The summed E-state index contributed by atoms with van der Waals surface area (Å²) in [7, 11) is 0. The minimum absolute atomic E-state index is 0.301. The number of nitriles is 1. The molecule has 0 aliphatic rings. The van der Waals surface area contributed by atoms with E-state index in [4.69, 9.17) is 5.26 Å². The number of fused-ring (bicyclic) bond motifs is 1. The second-order valence-corrected chi connectivity index (χ2v) is 5.33. The second-order valence-electron chi connectivity index (χ2n) is 5.33. The number of hydrogen-bond acceptors (Lipinski definition) is 2. The van der Waals surface area contributed by atoms with Crippen molar-refractivity contribution in [2.75, 3.05) is 11.9 Å². The summed E-state index contributed by atoms with van der Waals surface area (Å²) in [6, 6.07) is 15.5. The molecular formula is C16H17N3O. The lowest BCUT2D eigenvalue weighted by molar-refractivity contribution is 0.249. The summed E-state index contributed by atoms with van der Waals surface area (Å²) in [5.74, 6) is 0. The summed E-state index contributed by atoms with van der Waals surface area (Å²) in [5, 5.41) is 16.5. The highest BCUT2D eigenvalue weighted by atomic mass is 16.2. The van der Waals surface area contributed by atoms with Crippen LogP contribution in [0.5, 0.6) is 0 Å². The van der Waals surface area contributed by atoms with Crippen molar-refractivity contribution >= 4 is 22.5 Å². The molecule has 0 saturated carbocycles. The Balaban J connectivity index is 2.09. The standard InChI is InChI=1S/C16H17N3O/c1-16(2,10-17)11-18-15(20)19-14-9-5-7-12-6-3-4-8-13(12)14/h3-9H,11H2,1-2H3,(H2,18,19,20). The maximum atomic E-state index is 11.9. The fourth-order valence-electron chi connectivity index (χ4n) is 1.84. The Morgan fingerprint density at radius 3 is 2.65 bits per heavy atom. The van der Waals surface area contributed by atoms with Gasteiger partial charge < -0.3 is 10.6 Å². The molecule has 0 fully saturated rings. The molecule has 0 spiro atoms. The van der Waals surface area contributed by atoms with E-state index in [9.17, 15) is 4.79 Å². The van der Waals surface area contributed by atoms with Gasteiger partial charge in [-0.3, -0.25) is 0 Å². The SMILES string of the molecule is CC(C)(C#N)CNC(=O)Nc1cccc2ccccc12. The van der Waals surface area contributed by atoms with E-state index in [-0.39, 0.29) is 6.03 Å². The zero-order valence-electron chi connectivity index (χ0n) is 11.6. The molecule has 0 aliphatic heterocycles. The number of nitrogens with zero attached hydrogens (tertiary/aromatic N) is 1. The summed E-state index contributed by atoms with van der Waals surface area (Å²) >= 11 is 0. The number of rotatable bonds is 3. The minimum atomic E-state index is -0.573. The smallest absolute Gasteiger partial charge is 0.319 e. The molecule has 0 heterocycles. The molecule has 0 atom stereocenters. The average molecular weight is 267 g/mol. The lowest BCUT2D eigenvalue weighted by Crippen LogP contribution is -2.36. The zero-order chi connectivity index (χ0) is 14.6. The van der Waals surface area contributed by atoms with Crippen LogP contribution in [-0.2, 0) is 0 Å². The van der Waals surface area contributed by atoms with Crippen molar-refractivity contribution in [3.05, 3.63) is 42.5 Å². The summed E-state index contributed by atoms with van der Waals surface area (Å²) in [4.78, 5) is 11.9. The molecule has 2 aromatic rings. The van der Waals surface area contributed by atoms with Gasteiger partial charge in [0.15, 0.2) is 0 Å².